The van der Waals surface area contributed by atoms with Crippen molar-refractivity contribution >= 4 is 41.1 Å². The molecule has 4 nitrogen and oxygen atoms in total. The van der Waals surface area contributed by atoms with Gasteiger partial charge in [-0.05, 0) is 34.7 Å². The minimum Gasteiger partial charge on any atom is -0.465 e. The third-order valence-electron chi connectivity index (χ3n) is 2.73. The van der Waals surface area contributed by atoms with Gasteiger partial charge in [0.05, 0.1) is 7.11 Å². The molecule has 0 saturated carbocycles. The van der Waals surface area contributed by atoms with Crippen molar-refractivity contribution in [3.05, 3.63) is 51.7 Å². The predicted octanol–water partition coefficient (Wildman–Crippen LogP) is 3.66. The molecule has 0 aliphatic heterocycles. The van der Waals surface area contributed by atoms with E-state index >= 15 is 0 Å². The molecule has 1 aromatic heterocycles. The van der Waals surface area contributed by atoms with Crippen molar-refractivity contribution in [2.24, 2.45) is 0 Å². The van der Waals surface area contributed by atoms with Crippen molar-refractivity contribution in [2.45, 2.75) is 6.92 Å². The fraction of sp³-hybridized carbons (Fsp3) is 0.125. The first-order valence-corrected chi connectivity index (χ1v) is 7.19. The van der Waals surface area contributed by atoms with Crippen LogP contribution in [0.1, 0.15) is 27.7 Å². The second-order valence-corrected chi connectivity index (χ2v) is 5.25. The Bertz CT molecular complexity index is 688. The molecule has 0 aliphatic carbocycles. The minimum atomic E-state index is -0.336. The van der Waals surface area contributed by atoms with E-state index in [-0.39, 0.29) is 11.9 Å². The molecular weight excluding hydrogens is 286 g/mol. The summed E-state index contributed by atoms with van der Waals surface area (Å²) in [5, 5.41) is 4.58. The number of nitrogens with one attached hydrogen (secondary N) is 1. The Morgan fingerprint density at radius 1 is 1.24 bits per heavy atom. The molecule has 0 unspecified atom stereocenters. The molecule has 0 atom stereocenters. The predicted molar refractivity (Wildman–Crippen MR) is 85.3 cm³/mol. The maximum absolute atomic E-state index is 11.6. The molecule has 2 rings (SSSR count). The molecule has 0 spiro atoms. The van der Waals surface area contributed by atoms with Crippen LogP contribution in [0.25, 0.3) is 12.2 Å². The van der Waals surface area contributed by atoms with Gasteiger partial charge in [-0.1, -0.05) is 24.3 Å². The fourth-order valence-electron chi connectivity index (χ4n) is 1.82. The lowest BCUT2D eigenvalue weighted by Crippen LogP contribution is -2.05. The second-order valence-electron chi connectivity index (χ2n) is 4.34. The Kier molecular flexibility index (Phi) is 4.90. The molecule has 0 aliphatic rings. The molecule has 2 aromatic rings. The lowest BCUT2D eigenvalue weighted by Gasteiger charge is -2.02. The summed E-state index contributed by atoms with van der Waals surface area (Å²) in [7, 11) is 1.37. The number of ether oxygens (including phenoxy) is 1. The Hall–Kier alpha value is -2.40. The summed E-state index contributed by atoms with van der Waals surface area (Å²) in [6.45, 7) is 1.47. The van der Waals surface area contributed by atoms with Crippen molar-refractivity contribution in [3.63, 3.8) is 0 Å². The van der Waals surface area contributed by atoms with Crippen LogP contribution >= 0.6 is 11.3 Å². The number of thiophene rings is 1. The zero-order valence-corrected chi connectivity index (χ0v) is 12.6. The first kappa shape index (κ1) is 15.0. The summed E-state index contributed by atoms with van der Waals surface area (Å²) in [4.78, 5) is 23.2. The summed E-state index contributed by atoms with van der Waals surface area (Å²) in [5.74, 6) is -0.446. The van der Waals surface area contributed by atoms with Gasteiger partial charge in [0, 0.05) is 12.6 Å². The number of anilines is 1. The largest absolute Gasteiger partial charge is 0.465 e. The highest BCUT2D eigenvalue weighted by Gasteiger charge is 2.10. The smallest absolute Gasteiger partial charge is 0.348 e. The maximum atomic E-state index is 11.6. The number of amides is 1. The Morgan fingerprint density at radius 2 is 2.05 bits per heavy atom. The van der Waals surface area contributed by atoms with Gasteiger partial charge >= 0.3 is 5.97 Å². The van der Waals surface area contributed by atoms with Crippen LogP contribution in [-0.4, -0.2) is 19.0 Å². The van der Waals surface area contributed by atoms with E-state index < -0.39 is 0 Å². The Labute approximate surface area is 127 Å². The van der Waals surface area contributed by atoms with Gasteiger partial charge in [0.25, 0.3) is 0 Å². The molecule has 5 heteroatoms. The second kappa shape index (κ2) is 6.85. The van der Waals surface area contributed by atoms with Gasteiger partial charge in [0.15, 0.2) is 0 Å². The molecule has 0 radical (unpaired) electrons. The van der Waals surface area contributed by atoms with E-state index in [9.17, 15) is 9.59 Å². The van der Waals surface area contributed by atoms with E-state index in [4.69, 9.17) is 4.74 Å². The SMILES string of the molecule is COC(=O)c1sccc1/C=C\c1cccc(NC(C)=O)c1. The molecule has 1 N–H and O–H groups in total. The maximum Gasteiger partial charge on any atom is 0.348 e. The molecular formula is C16H15NO3S. The quantitative estimate of drug-likeness (QED) is 0.877. The van der Waals surface area contributed by atoms with Gasteiger partial charge < -0.3 is 10.1 Å². The molecule has 1 amide bonds. The van der Waals surface area contributed by atoms with Crippen LogP contribution in [0.3, 0.4) is 0 Å². The van der Waals surface area contributed by atoms with Crippen LogP contribution in [0.5, 0.6) is 0 Å². The highest BCUT2D eigenvalue weighted by molar-refractivity contribution is 7.12. The average molecular weight is 301 g/mol. The lowest BCUT2D eigenvalue weighted by molar-refractivity contribution is -0.114. The van der Waals surface area contributed by atoms with Crippen molar-refractivity contribution in [1.29, 1.82) is 0 Å². The number of esters is 1. The average Bonchev–Trinajstić information content (AvgIpc) is 2.92. The van der Waals surface area contributed by atoms with Crippen molar-refractivity contribution in [1.82, 2.24) is 0 Å². The summed E-state index contributed by atoms with van der Waals surface area (Å²) >= 11 is 1.35. The van der Waals surface area contributed by atoms with Crippen LogP contribution in [0.15, 0.2) is 35.7 Å². The van der Waals surface area contributed by atoms with E-state index in [0.717, 1.165) is 16.8 Å². The van der Waals surface area contributed by atoms with Gasteiger partial charge in [-0.15, -0.1) is 11.3 Å². The van der Waals surface area contributed by atoms with Gasteiger partial charge in [-0.2, -0.15) is 0 Å². The monoisotopic (exact) mass is 301 g/mol. The summed E-state index contributed by atoms with van der Waals surface area (Å²) in [5.41, 5.74) is 2.49. The van der Waals surface area contributed by atoms with Crippen LogP contribution in [-0.2, 0) is 9.53 Å². The number of rotatable bonds is 4. The number of hydrogen-bond acceptors (Lipinski definition) is 4. The summed E-state index contributed by atoms with van der Waals surface area (Å²) in [6.07, 6.45) is 3.75. The van der Waals surface area contributed by atoms with E-state index in [1.54, 1.807) is 0 Å². The number of hydrogen-bond donors (Lipinski definition) is 1. The summed E-state index contributed by atoms with van der Waals surface area (Å²) in [6, 6.07) is 9.34. The van der Waals surface area contributed by atoms with E-state index in [1.807, 2.05) is 47.9 Å². The normalized spacial score (nSPS) is 10.6. The number of carbonyl (C=O) groups excluding carboxylic acids is 2. The van der Waals surface area contributed by atoms with Gasteiger partial charge in [-0.25, -0.2) is 4.79 Å². The lowest BCUT2D eigenvalue weighted by atomic mass is 10.1. The standard InChI is InChI=1S/C16H15NO3S/c1-11(18)17-14-5-3-4-12(10-14)6-7-13-8-9-21-15(13)16(19)20-2/h3-10H,1-2H3,(H,17,18)/b7-6-. The molecule has 0 bridgehead atoms. The topological polar surface area (TPSA) is 55.4 Å². The van der Waals surface area contributed by atoms with E-state index in [0.29, 0.717) is 4.88 Å². The van der Waals surface area contributed by atoms with Gasteiger partial charge in [0.1, 0.15) is 4.88 Å². The zero-order chi connectivity index (χ0) is 15.2. The molecule has 21 heavy (non-hydrogen) atoms. The van der Waals surface area contributed by atoms with Gasteiger partial charge in [0.2, 0.25) is 5.91 Å². The van der Waals surface area contributed by atoms with Crippen molar-refractivity contribution in [3.8, 4) is 0 Å². The highest BCUT2D eigenvalue weighted by atomic mass is 32.1. The van der Waals surface area contributed by atoms with Crippen LogP contribution < -0.4 is 5.32 Å². The molecule has 1 aromatic carbocycles. The van der Waals surface area contributed by atoms with Crippen LogP contribution in [0.4, 0.5) is 5.69 Å². The number of methoxy groups -OCH3 is 1. The first-order chi connectivity index (χ1) is 10.1. The Balaban J connectivity index is 2.20. The van der Waals surface area contributed by atoms with E-state index in [2.05, 4.69) is 5.32 Å². The summed E-state index contributed by atoms with van der Waals surface area (Å²) < 4.78 is 4.74. The fourth-order valence-corrected chi connectivity index (χ4v) is 2.62. The van der Waals surface area contributed by atoms with Gasteiger partial charge in [-0.3, -0.25) is 4.79 Å². The van der Waals surface area contributed by atoms with Crippen molar-refractivity contribution < 1.29 is 14.3 Å². The van der Waals surface area contributed by atoms with Crippen LogP contribution in [0, 0.1) is 0 Å². The minimum absolute atomic E-state index is 0.109. The third-order valence-corrected chi connectivity index (χ3v) is 3.64. The van der Waals surface area contributed by atoms with E-state index in [1.165, 1.54) is 25.4 Å². The number of carbonyl (C=O) groups is 2. The van der Waals surface area contributed by atoms with Crippen molar-refractivity contribution in [2.75, 3.05) is 12.4 Å². The zero-order valence-electron chi connectivity index (χ0n) is 11.8. The molecule has 108 valence electrons. The third kappa shape index (κ3) is 4.03. The Morgan fingerprint density at radius 3 is 2.76 bits per heavy atom. The molecule has 1 heterocycles. The highest BCUT2D eigenvalue weighted by Crippen LogP contribution is 2.21. The first-order valence-electron chi connectivity index (χ1n) is 6.31. The molecule has 0 fully saturated rings. The van der Waals surface area contributed by atoms with Crippen LogP contribution in [0.2, 0.25) is 0 Å². The molecule has 0 saturated heterocycles. The number of benzene rings is 1.